The predicted molar refractivity (Wildman–Crippen MR) is 130 cm³/mol. The minimum absolute atomic E-state index is 0.00667. The molecule has 0 radical (unpaired) electrons. The molecule has 9 nitrogen and oxygen atoms in total. The predicted octanol–water partition coefficient (Wildman–Crippen LogP) is 2.76. The average Bonchev–Trinajstić information content (AvgIpc) is 3.32. The van der Waals surface area contributed by atoms with Crippen molar-refractivity contribution in [2.45, 2.75) is 45.7 Å². The summed E-state index contributed by atoms with van der Waals surface area (Å²) in [5, 5.41) is 7.51. The maximum Gasteiger partial charge on any atom is 0.321 e. The SMILES string of the molecule is Cc1nn(C2CCS(=O)(=O)C2)c(C)c1CN(C)C(=O)C1CCCN(C(=O)Nc2ccccc2)C1. The summed E-state index contributed by atoms with van der Waals surface area (Å²) in [5.74, 6) is 0.0643. The van der Waals surface area contributed by atoms with Crippen molar-refractivity contribution in [1.29, 1.82) is 0 Å². The van der Waals surface area contributed by atoms with Crippen LogP contribution >= 0.6 is 0 Å². The summed E-state index contributed by atoms with van der Waals surface area (Å²) in [7, 11) is -1.23. The molecule has 1 aromatic carbocycles. The monoisotopic (exact) mass is 487 g/mol. The highest BCUT2D eigenvalue weighted by molar-refractivity contribution is 7.91. The van der Waals surface area contributed by atoms with E-state index in [1.54, 1.807) is 16.8 Å². The van der Waals surface area contributed by atoms with Gasteiger partial charge in [-0.25, -0.2) is 13.2 Å². The number of rotatable bonds is 5. The standard InChI is InChI=1S/C24H33N5O4S/c1-17-22(18(2)29(26-17)21-11-13-34(32,33)16-21)15-27(3)23(30)19-8-7-12-28(14-19)24(31)25-20-9-5-4-6-10-20/h4-6,9-10,19,21H,7-8,11-16H2,1-3H3,(H,25,31). The molecule has 2 unspecified atom stereocenters. The molecule has 2 saturated heterocycles. The molecule has 0 aliphatic carbocycles. The van der Waals surface area contributed by atoms with E-state index >= 15 is 0 Å². The highest BCUT2D eigenvalue weighted by atomic mass is 32.2. The van der Waals surface area contributed by atoms with Crippen molar-refractivity contribution in [2.24, 2.45) is 5.92 Å². The van der Waals surface area contributed by atoms with Gasteiger partial charge < -0.3 is 15.1 Å². The van der Waals surface area contributed by atoms with Gasteiger partial charge >= 0.3 is 6.03 Å². The van der Waals surface area contributed by atoms with E-state index in [4.69, 9.17) is 0 Å². The largest absolute Gasteiger partial charge is 0.341 e. The summed E-state index contributed by atoms with van der Waals surface area (Å²) in [6.07, 6.45) is 2.09. The molecule has 2 aromatic rings. The van der Waals surface area contributed by atoms with Gasteiger partial charge in [0.2, 0.25) is 5.91 Å². The molecule has 1 aromatic heterocycles. The van der Waals surface area contributed by atoms with Crippen molar-refractivity contribution in [3.05, 3.63) is 47.3 Å². The molecule has 2 aliphatic heterocycles. The number of benzene rings is 1. The molecular formula is C24H33N5O4S. The van der Waals surface area contributed by atoms with Crippen LogP contribution in [0.25, 0.3) is 0 Å². The number of piperidine rings is 1. The van der Waals surface area contributed by atoms with Crippen LogP contribution in [0.3, 0.4) is 0 Å². The lowest BCUT2D eigenvalue weighted by atomic mass is 9.96. The van der Waals surface area contributed by atoms with Crippen molar-refractivity contribution >= 4 is 27.5 Å². The molecule has 2 aliphatic rings. The molecule has 1 N–H and O–H groups in total. The highest BCUT2D eigenvalue weighted by Crippen LogP contribution is 2.28. The summed E-state index contributed by atoms with van der Waals surface area (Å²) < 4.78 is 25.6. The lowest BCUT2D eigenvalue weighted by Gasteiger charge is -2.34. The quantitative estimate of drug-likeness (QED) is 0.698. The van der Waals surface area contributed by atoms with Gasteiger partial charge in [0.25, 0.3) is 0 Å². The molecule has 34 heavy (non-hydrogen) atoms. The van der Waals surface area contributed by atoms with Crippen LogP contribution in [0.5, 0.6) is 0 Å². The summed E-state index contributed by atoms with van der Waals surface area (Å²) in [4.78, 5) is 29.4. The minimum atomic E-state index is -3.01. The number of nitrogens with zero attached hydrogens (tertiary/aromatic N) is 4. The van der Waals surface area contributed by atoms with Crippen molar-refractivity contribution in [3.8, 4) is 0 Å². The Balaban J connectivity index is 1.39. The number of aryl methyl sites for hydroxylation is 1. The van der Waals surface area contributed by atoms with E-state index < -0.39 is 9.84 Å². The number of aromatic nitrogens is 2. The first-order valence-corrected chi connectivity index (χ1v) is 13.6. The van der Waals surface area contributed by atoms with E-state index in [1.165, 1.54) is 0 Å². The molecule has 3 amide bonds. The Bertz CT molecular complexity index is 1160. The van der Waals surface area contributed by atoms with E-state index in [-0.39, 0.29) is 35.4 Å². The van der Waals surface area contributed by atoms with Crippen molar-refractivity contribution in [3.63, 3.8) is 0 Å². The zero-order valence-corrected chi connectivity index (χ0v) is 20.8. The maximum atomic E-state index is 13.3. The second kappa shape index (κ2) is 9.77. The lowest BCUT2D eigenvalue weighted by molar-refractivity contribution is -0.136. The number of carbonyl (C=O) groups excluding carboxylic acids is 2. The number of urea groups is 1. The number of anilines is 1. The fraction of sp³-hybridized carbons (Fsp3) is 0.542. The minimum Gasteiger partial charge on any atom is -0.341 e. The number of para-hydroxylation sites is 1. The smallest absolute Gasteiger partial charge is 0.321 e. The molecule has 2 fully saturated rings. The normalized spacial score (nSPS) is 21.9. The molecule has 0 spiro atoms. The number of carbonyl (C=O) groups is 2. The van der Waals surface area contributed by atoms with Crippen LogP contribution in [-0.2, 0) is 21.2 Å². The van der Waals surface area contributed by atoms with Gasteiger partial charge in [0.15, 0.2) is 9.84 Å². The van der Waals surface area contributed by atoms with E-state index in [0.717, 1.165) is 35.5 Å². The number of amides is 3. The van der Waals surface area contributed by atoms with Crippen molar-refractivity contribution in [1.82, 2.24) is 19.6 Å². The van der Waals surface area contributed by atoms with Crippen LogP contribution in [0, 0.1) is 19.8 Å². The highest BCUT2D eigenvalue weighted by Gasteiger charge is 2.33. The molecular weight excluding hydrogens is 454 g/mol. The first-order valence-electron chi connectivity index (χ1n) is 11.8. The van der Waals surface area contributed by atoms with Crippen LogP contribution in [-0.4, -0.2) is 71.6 Å². The van der Waals surface area contributed by atoms with Gasteiger partial charge in [0, 0.05) is 43.6 Å². The van der Waals surface area contributed by atoms with Gasteiger partial charge in [0.05, 0.1) is 29.2 Å². The lowest BCUT2D eigenvalue weighted by Crippen LogP contribution is -2.47. The van der Waals surface area contributed by atoms with Gasteiger partial charge in [-0.2, -0.15) is 5.10 Å². The van der Waals surface area contributed by atoms with E-state index in [1.807, 2.05) is 48.9 Å². The number of nitrogens with one attached hydrogen (secondary N) is 1. The molecule has 0 bridgehead atoms. The fourth-order valence-corrected chi connectivity index (χ4v) is 6.66. The van der Waals surface area contributed by atoms with Crippen LogP contribution in [0.2, 0.25) is 0 Å². The summed E-state index contributed by atoms with van der Waals surface area (Å²) in [6, 6.07) is 8.97. The van der Waals surface area contributed by atoms with Gasteiger partial charge in [0.1, 0.15) is 0 Å². The first-order chi connectivity index (χ1) is 16.1. The average molecular weight is 488 g/mol. The third-order valence-corrected chi connectivity index (χ3v) is 8.63. The Morgan fingerprint density at radius 2 is 1.91 bits per heavy atom. The molecule has 2 atom stereocenters. The van der Waals surface area contributed by atoms with Crippen molar-refractivity contribution in [2.75, 3.05) is 37.0 Å². The van der Waals surface area contributed by atoms with Gasteiger partial charge in [-0.05, 0) is 45.2 Å². The van der Waals surface area contributed by atoms with Gasteiger partial charge in [-0.15, -0.1) is 0 Å². The van der Waals surface area contributed by atoms with Crippen LogP contribution in [0.1, 0.15) is 42.3 Å². The van der Waals surface area contributed by atoms with E-state index in [9.17, 15) is 18.0 Å². The first kappa shape index (κ1) is 24.3. The Morgan fingerprint density at radius 3 is 2.59 bits per heavy atom. The molecule has 184 valence electrons. The Hall–Kier alpha value is -2.88. The van der Waals surface area contributed by atoms with Gasteiger partial charge in [-0.1, -0.05) is 18.2 Å². The zero-order valence-electron chi connectivity index (χ0n) is 20.0. The maximum absolute atomic E-state index is 13.3. The molecule has 4 rings (SSSR count). The summed E-state index contributed by atoms with van der Waals surface area (Å²) in [5.41, 5.74) is 3.41. The third-order valence-electron chi connectivity index (χ3n) is 6.88. The van der Waals surface area contributed by atoms with Crippen LogP contribution in [0.4, 0.5) is 10.5 Å². The third kappa shape index (κ3) is 5.27. The Kier molecular flexibility index (Phi) is 6.97. The molecule has 10 heteroatoms. The van der Waals surface area contributed by atoms with Crippen molar-refractivity contribution < 1.29 is 18.0 Å². The topological polar surface area (TPSA) is 105 Å². The molecule has 3 heterocycles. The number of sulfone groups is 1. The second-order valence-corrected chi connectivity index (χ2v) is 11.7. The van der Waals surface area contributed by atoms with E-state index in [2.05, 4.69) is 10.4 Å². The van der Waals surface area contributed by atoms with Gasteiger partial charge in [-0.3, -0.25) is 9.48 Å². The van der Waals surface area contributed by atoms with Crippen LogP contribution < -0.4 is 5.32 Å². The number of hydrogen-bond acceptors (Lipinski definition) is 5. The summed E-state index contributed by atoms with van der Waals surface area (Å²) >= 11 is 0. The Morgan fingerprint density at radius 1 is 1.18 bits per heavy atom. The molecule has 0 saturated carbocycles. The second-order valence-electron chi connectivity index (χ2n) is 9.43. The van der Waals surface area contributed by atoms with Crippen LogP contribution in [0.15, 0.2) is 30.3 Å². The van der Waals surface area contributed by atoms with E-state index in [0.29, 0.717) is 26.1 Å². The number of hydrogen-bond donors (Lipinski definition) is 1. The fourth-order valence-electron chi connectivity index (χ4n) is 4.96. The Labute approximate surface area is 201 Å². The zero-order chi connectivity index (χ0) is 24.5. The number of likely N-dealkylation sites (tertiary alicyclic amines) is 1. The summed E-state index contributed by atoms with van der Waals surface area (Å²) in [6.45, 7) is 5.26.